The number of hydrogen-bond acceptors (Lipinski definition) is 3. The Kier molecular flexibility index (Phi) is 3.27. The molecule has 19 heavy (non-hydrogen) atoms. The topological polar surface area (TPSA) is 45.2 Å². The van der Waals surface area contributed by atoms with Crippen molar-refractivity contribution in [3.05, 3.63) is 29.1 Å². The van der Waals surface area contributed by atoms with Crippen LogP contribution in [0.25, 0.3) is 0 Å². The number of pyridine rings is 1. The minimum Gasteiger partial charge on any atom is -0.348 e. The van der Waals surface area contributed by atoms with Crippen LogP contribution in [0.4, 0.5) is 0 Å². The first kappa shape index (κ1) is 12.6. The van der Waals surface area contributed by atoms with E-state index in [1.807, 2.05) is 12.3 Å². The molecule has 4 nitrogen and oxygen atoms in total. The van der Waals surface area contributed by atoms with Gasteiger partial charge in [0.1, 0.15) is 0 Å². The minimum absolute atomic E-state index is 0.0397. The fourth-order valence-corrected chi connectivity index (χ4v) is 3.12. The summed E-state index contributed by atoms with van der Waals surface area (Å²) in [4.78, 5) is 18.7. The first-order valence-corrected chi connectivity index (χ1v) is 7.16. The molecule has 2 atom stereocenters. The lowest BCUT2D eigenvalue weighted by molar-refractivity contribution is 0.0965. The molecular weight excluding hydrogens is 238 g/mol. The predicted octanol–water partition coefficient (Wildman–Crippen LogP) is 2.12. The predicted molar refractivity (Wildman–Crippen MR) is 73.8 cm³/mol. The molecule has 0 aliphatic carbocycles. The van der Waals surface area contributed by atoms with E-state index in [0.717, 1.165) is 35.8 Å². The minimum atomic E-state index is 0.0397. The lowest BCUT2D eigenvalue weighted by Gasteiger charge is -2.35. The van der Waals surface area contributed by atoms with Gasteiger partial charge in [0.25, 0.3) is 5.91 Å². The number of fused-ring (bicyclic) bond motifs is 1. The Balaban J connectivity index is 1.82. The number of hydrogen-bond donors (Lipinski definition) is 1. The fourth-order valence-electron chi connectivity index (χ4n) is 3.12. The number of carbonyl (C=O) groups is 1. The zero-order valence-electron chi connectivity index (χ0n) is 11.6. The SMILES string of the molecule is C[C@H]1CCCN([C@H](C)c2cc3c(cn2)CNC3=O)C1. The van der Waals surface area contributed by atoms with E-state index in [9.17, 15) is 4.79 Å². The second-order valence-corrected chi connectivity index (χ2v) is 5.87. The normalized spacial score (nSPS) is 24.9. The second kappa shape index (κ2) is 4.93. The van der Waals surface area contributed by atoms with Crippen LogP contribution in [-0.2, 0) is 6.54 Å². The molecular formula is C15H21N3O. The van der Waals surface area contributed by atoms with Crippen molar-refractivity contribution in [2.45, 2.75) is 39.3 Å². The van der Waals surface area contributed by atoms with Crippen molar-refractivity contribution in [2.75, 3.05) is 13.1 Å². The van der Waals surface area contributed by atoms with E-state index >= 15 is 0 Å². The lowest BCUT2D eigenvalue weighted by atomic mass is 9.98. The Labute approximate surface area is 114 Å². The Morgan fingerprint density at radius 1 is 1.53 bits per heavy atom. The molecule has 0 aromatic carbocycles. The summed E-state index contributed by atoms with van der Waals surface area (Å²) in [6, 6.07) is 2.27. The van der Waals surface area contributed by atoms with Crippen LogP contribution >= 0.6 is 0 Å². The molecule has 2 aliphatic rings. The zero-order chi connectivity index (χ0) is 13.4. The van der Waals surface area contributed by atoms with E-state index in [-0.39, 0.29) is 5.91 Å². The fraction of sp³-hybridized carbons (Fsp3) is 0.600. The van der Waals surface area contributed by atoms with Gasteiger partial charge in [0.2, 0.25) is 0 Å². The van der Waals surface area contributed by atoms with E-state index < -0.39 is 0 Å². The highest BCUT2D eigenvalue weighted by Gasteiger charge is 2.25. The van der Waals surface area contributed by atoms with Gasteiger partial charge in [0, 0.05) is 36.5 Å². The summed E-state index contributed by atoms with van der Waals surface area (Å²) in [5, 5.41) is 2.85. The van der Waals surface area contributed by atoms with Gasteiger partial charge >= 0.3 is 0 Å². The Hall–Kier alpha value is -1.42. The largest absolute Gasteiger partial charge is 0.348 e. The van der Waals surface area contributed by atoms with E-state index in [1.165, 1.54) is 12.8 Å². The van der Waals surface area contributed by atoms with Crippen molar-refractivity contribution in [1.29, 1.82) is 0 Å². The van der Waals surface area contributed by atoms with E-state index in [4.69, 9.17) is 0 Å². The average molecular weight is 259 g/mol. The van der Waals surface area contributed by atoms with Gasteiger partial charge in [-0.25, -0.2) is 0 Å². The number of carbonyl (C=O) groups excluding carboxylic acids is 1. The highest BCUT2D eigenvalue weighted by Crippen LogP contribution is 2.27. The van der Waals surface area contributed by atoms with Gasteiger partial charge in [-0.05, 0) is 38.3 Å². The van der Waals surface area contributed by atoms with Crippen molar-refractivity contribution in [1.82, 2.24) is 15.2 Å². The Morgan fingerprint density at radius 2 is 2.37 bits per heavy atom. The smallest absolute Gasteiger partial charge is 0.252 e. The van der Waals surface area contributed by atoms with Crippen molar-refractivity contribution >= 4 is 5.91 Å². The van der Waals surface area contributed by atoms with Gasteiger partial charge < -0.3 is 5.32 Å². The summed E-state index contributed by atoms with van der Waals surface area (Å²) in [7, 11) is 0. The molecule has 102 valence electrons. The van der Waals surface area contributed by atoms with Crippen molar-refractivity contribution in [3.8, 4) is 0 Å². The first-order chi connectivity index (χ1) is 9.15. The van der Waals surface area contributed by atoms with Gasteiger partial charge in [-0.3, -0.25) is 14.7 Å². The maximum absolute atomic E-state index is 11.7. The second-order valence-electron chi connectivity index (χ2n) is 5.87. The van der Waals surface area contributed by atoms with E-state index in [0.29, 0.717) is 12.6 Å². The monoisotopic (exact) mass is 259 g/mol. The van der Waals surface area contributed by atoms with Crippen LogP contribution in [0.2, 0.25) is 0 Å². The van der Waals surface area contributed by atoms with Crippen LogP contribution in [0.5, 0.6) is 0 Å². The highest BCUT2D eigenvalue weighted by atomic mass is 16.1. The van der Waals surface area contributed by atoms with Gasteiger partial charge in [0.05, 0.1) is 5.69 Å². The third kappa shape index (κ3) is 2.37. The van der Waals surface area contributed by atoms with Gasteiger partial charge in [0.15, 0.2) is 0 Å². The molecule has 1 aromatic heterocycles. The first-order valence-electron chi connectivity index (χ1n) is 7.16. The Bertz CT molecular complexity index is 500. The lowest BCUT2D eigenvalue weighted by Crippen LogP contribution is -2.36. The molecule has 0 saturated carbocycles. The number of amides is 1. The van der Waals surface area contributed by atoms with Crippen molar-refractivity contribution < 1.29 is 4.79 Å². The van der Waals surface area contributed by atoms with Crippen molar-refractivity contribution in [3.63, 3.8) is 0 Å². The van der Waals surface area contributed by atoms with Crippen molar-refractivity contribution in [2.24, 2.45) is 5.92 Å². The molecule has 1 amide bonds. The van der Waals surface area contributed by atoms with Crippen LogP contribution in [0.3, 0.4) is 0 Å². The molecule has 1 saturated heterocycles. The zero-order valence-corrected chi connectivity index (χ0v) is 11.6. The van der Waals surface area contributed by atoms with Crippen LogP contribution in [0, 0.1) is 5.92 Å². The molecule has 4 heteroatoms. The number of nitrogens with one attached hydrogen (secondary N) is 1. The maximum Gasteiger partial charge on any atom is 0.252 e. The molecule has 1 aromatic rings. The molecule has 0 radical (unpaired) electrons. The summed E-state index contributed by atoms with van der Waals surface area (Å²) in [6.45, 7) is 7.39. The maximum atomic E-state index is 11.7. The number of likely N-dealkylation sites (tertiary alicyclic amines) is 1. The third-order valence-corrected chi connectivity index (χ3v) is 4.36. The van der Waals surface area contributed by atoms with Gasteiger partial charge in [-0.2, -0.15) is 0 Å². The average Bonchev–Trinajstić information content (AvgIpc) is 2.79. The molecule has 0 spiro atoms. The molecule has 2 aliphatic heterocycles. The summed E-state index contributed by atoms with van der Waals surface area (Å²) in [5.74, 6) is 0.798. The van der Waals surface area contributed by atoms with E-state index in [1.54, 1.807) is 0 Å². The summed E-state index contributed by atoms with van der Waals surface area (Å²) < 4.78 is 0. The van der Waals surface area contributed by atoms with Crippen LogP contribution in [-0.4, -0.2) is 28.9 Å². The molecule has 0 unspecified atom stereocenters. The van der Waals surface area contributed by atoms with E-state index in [2.05, 4.69) is 29.0 Å². The van der Waals surface area contributed by atoms with Crippen LogP contribution in [0.15, 0.2) is 12.3 Å². The number of nitrogens with zero attached hydrogens (tertiary/aromatic N) is 2. The summed E-state index contributed by atoms with van der Waals surface area (Å²) in [5.41, 5.74) is 2.85. The molecule has 1 fully saturated rings. The summed E-state index contributed by atoms with van der Waals surface area (Å²) in [6.07, 6.45) is 4.44. The number of rotatable bonds is 2. The third-order valence-electron chi connectivity index (χ3n) is 4.36. The molecule has 1 N–H and O–H groups in total. The number of piperidine rings is 1. The molecule has 0 bridgehead atoms. The van der Waals surface area contributed by atoms with Crippen LogP contribution < -0.4 is 5.32 Å². The van der Waals surface area contributed by atoms with Gasteiger partial charge in [-0.1, -0.05) is 6.92 Å². The van der Waals surface area contributed by atoms with Gasteiger partial charge in [-0.15, -0.1) is 0 Å². The van der Waals surface area contributed by atoms with Crippen LogP contribution in [0.1, 0.15) is 54.3 Å². The molecule has 3 rings (SSSR count). The number of aromatic nitrogens is 1. The molecule has 3 heterocycles. The highest BCUT2D eigenvalue weighted by molar-refractivity contribution is 5.98. The quantitative estimate of drug-likeness (QED) is 0.885. The summed E-state index contributed by atoms with van der Waals surface area (Å²) >= 11 is 0. The Morgan fingerprint density at radius 3 is 3.16 bits per heavy atom. The standard InChI is InChI=1S/C15H21N3O/c1-10-4-3-5-18(9-10)11(2)14-6-13-12(7-16-14)8-17-15(13)19/h6-7,10-11H,3-5,8-9H2,1-2H3,(H,17,19)/t10-,11+/m0/s1.